The van der Waals surface area contributed by atoms with E-state index in [9.17, 15) is 0 Å². The first-order valence-electron chi connectivity index (χ1n) is 7.32. The fourth-order valence-electron chi connectivity index (χ4n) is 2.84. The summed E-state index contributed by atoms with van der Waals surface area (Å²) in [6, 6.07) is 5.92. The van der Waals surface area contributed by atoms with E-state index in [4.69, 9.17) is 9.26 Å². The molecule has 112 valence electrons. The second-order valence-electron chi connectivity index (χ2n) is 5.95. The van der Waals surface area contributed by atoms with Crippen molar-refractivity contribution in [3.63, 3.8) is 0 Å². The lowest BCUT2D eigenvalue weighted by atomic mass is 9.83. The number of nitrogens with zero attached hydrogens (tertiary/aromatic N) is 2. The first kappa shape index (κ1) is 14.1. The van der Waals surface area contributed by atoms with Gasteiger partial charge in [0.25, 0.3) is 0 Å². The first-order chi connectivity index (χ1) is 10.1. The number of nitrogens with one attached hydrogen (secondary N) is 1. The number of hydrogen-bond acceptors (Lipinski definition) is 5. The number of aryl methyl sites for hydroxylation is 1. The van der Waals surface area contributed by atoms with Crippen LogP contribution in [0, 0.1) is 6.92 Å². The summed E-state index contributed by atoms with van der Waals surface area (Å²) < 4.78 is 10.8. The van der Waals surface area contributed by atoms with Crippen LogP contribution >= 0.6 is 0 Å². The van der Waals surface area contributed by atoms with Gasteiger partial charge in [-0.15, -0.1) is 0 Å². The summed E-state index contributed by atoms with van der Waals surface area (Å²) in [5, 5.41) is 7.55. The lowest BCUT2D eigenvalue weighted by molar-refractivity contribution is 0.245. The Kier molecular flexibility index (Phi) is 3.68. The summed E-state index contributed by atoms with van der Waals surface area (Å²) in [6.07, 6.45) is 2.21. The third kappa shape index (κ3) is 2.65. The lowest BCUT2D eigenvalue weighted by Crippen LogP contribution is -2.41. The monoisotopic (exact) mass is 287 g/mol. The molecule has 5 heteroatoms. The van der Waals surface area contributed by atoms with Crippen molar-refractivity contribution in [2.75, 3.05) is 20.2 Å². The molecule has 2 heterocycles. The zero-order valence-corrected chi connectivity index (χ0v) is 12.8. The second kappa shape index (κ2) is 5.48. The minimum Gasteiger partial charge on any atom is -0.496 e. The topological polar surface area (TPSA) is 60.2 Å². The van der Waals surface area contributed by atoms with Crippen molar-refractivity contribution >= 4 is 0 Å². The number of rotatable bonds is 3. The summed E-state index contributed by atoms with van der Waals surface area (Å²) in [7, 11) is 1.67. The summed E-state index contributed by atoms with van der Waals surface area (Å²) in [5.74, 6) is 2.23. The van der Waals surface area contributed by atoms with Crippen molar-refractivity contribution in [1.82, 2.24) is 15.5 Å². The Morgan fingerprint density at radius 1 is 1.38 bits per heavy atom. The zero-order valence-electron chi connectivity index (χ0n) is 12.8. The van der Waals surface area contributed by atoms with Gasteiger partial charge in [0.15, 0.2) is 0 Å². The largest absolute Gasteiger partial charge is 0.496 e. The Labute approximate surface area is 124 Å². The summed E-state index contributed by atoms with van der Waals surface area (Å²) in [6.45, 7) is 6.13. The minimum atomic E-state index is -0.0645. The zero-order chi connectivity index (χ0) is 14.9. The van der Waals surface area contributed by atoms with Gasteiger partial charge in [0.2, 0.25) is 11.7 Å². The van der Waals surface area contributed by atoms with Gasteiger partial charge in [0, 0.05) is 12.1 Å². The second-order valence-corrected chi connectivity index (χ2v) is 5.95. The SMILES string of the molecule is COc1ccc(-c2noc(C3(C)CCCNC3)n2)cc1C. The Bertz CT molecular complexity index is 630. The molecular weight excluding hydrogens is 266 g/mol. The van der Waals surface area contributed by atoms with Gasteiger partial charge >= 0.3 is 0 Å². The maximum Gasteiger partial charge on any atom is 0.234 e. The molecule has 5 nitrogen and oxygen atoms in total. The molecule has 0 saturated carbocycles. The number of methoxy groups -OCH3 is 1. The van der Waals surface area contributed by atoms with Crippen LogP contribution in [0.4, 0.5) is 0 Å². The van der Waals surface area contributed by atoms with Gasteiger partial charge < -0.3 is 14.6 Å². The molecule has 0 spiro atoms. The molecule has 1 aromatic carbocycles. The van der Waals surface area contributed by atoms with E-state index < -0.39 is 0 Å². The van der Waals surface area contributed by atoms with Crippen LogP contribution in [0.5, 0.6) is 5.75 Å². The molecule has 2 aromatic rings. The van der Waals surface area contributed by atoms with Crippen molar-refractivity contribution < 1.29 is 9.26 Å². The highest BCUT2D eigenvalue weighted by Crippen LogP contribution is 2.31. The molecular formula is C16H21N3O2. The van der Waals surface area contributed by atoms with Crippen molar-refractivity contribution in [1.29, 1.82) is 0 Å². The number of benzene rings is 1. The van der Waals surface area contributed by atoms with E-state index in [1.807, 2.05) is 25.1 Å². The molecule has 1 fully saturated rings. The van der Waals surface area contributed by atoms with E-state index >= 15 is 0 Å². The van der Waals surface area contributed by atoms with Crippen molar-refractivity contribution in [2.45, 2.75) is 32.1 Å². The quantitative estimate of drug-likeness (QED) is 0.940. The predicted octanol–water partition coefficient (Wildman–Crippen LogP) is 2.69. The maximum absolute atomic E-state index is 5.53. The highest BCUT2D eigenvalue weighted by molar-refractivity contribution is 5.58. The molecule has 0 bridgehead atoms. The van der Waals surface area contributed by atoms with Gasteiger partial charge in [-0.1, -0.05) is 5.16 Å². The lowest BCUT2D eigenvalue weighted by Gasteiger charge is -2.30. The molecule has 1 saturated heterocycles. The molecule has 3 rings (SSSR count). The van der Waals surface area contributed by atoms with Crippen LogP contribution in [-0.4, -0.2) is 30.3 Å². The van der Waals surface area contributed by atoms with E-state index in [2.05, 4.69) is 22.4 Å². The number of aromatic nitrogens is 2. The molecule has 0 radical (unpaired) electrons. The number of hydrogen-bond donors (Lipinski definition) is 1. The van der Waals surface area contributed by atoms with Crippen LogP contribution in [0.15, 0.2) is 22.7 Å². The Balaban J connectivity index is 1.89. The van der Waals surface area contributed by atoms with Gasteiger partial charge in [-0.05, 0) is 57.0 Å². The number of piperidine rings is 1. The normalized spacial score (nSPS) is 22.2. The fraction of sp³-hybridized carbons (Fsp3) is 0.500. The van der Waals surface area contributed by atoms with Crippen LogP contribution in [-0.2, 0) is 5.41 Å². The molecule has 1 unspecified atom stereocenters. The van der Waals surface area contributed by atoms with E-state index in [1.54, 1.807) is 7.11 Å². The standard InChI is InChI=1S/C16H21N3O2/c1-11-9-12(5-6-13(11)20-3)14-18-15(21-19-14)16(2)7-4-8-17-10-16/h5-6,9,17H,4,7-8,10H2,1-3H3. The smallest absolute Gasteiger partial charge is 0.234 e. The van der Waals surface area contributed by atoms with Gasteiger partial charge in [0.05, 0.1) is 12.5 Å². The van der Waals surface area contributed by atoms with Gasteiger partial charge in [-0.3, -0.25) is 0 Å². The van der Waals surface area contributed by atoms with Crippen LogP contribution in [0.2, 0.25) is 0 Å². The molecule has 21 heavy (non-hydrogen) atoms. The molecule has 1 aliphatic heterocycles. The van der Waals surface area contributed by atoms with Crippen LogP contribution in [0.3, 0.4) is 0 Å². The Morgan fingerprint density at radius 3 is 2.90 bits per heavy atom. The van der Waals surface area contributed by atoms with E-state index in [1.165, 1.54) is 0 Å². The molecule has 1 N–H and O–H groups in total. The minimum absolute atomic E-state index is 0.0645. The molecule has 0 aliphatic carbocycles. The van der Waals surface area contributed by atoms with Crippen LogP contribution < -0.4 is 10.1 Å². The van der Waals surface area contributed by atoms with E-state index in [0.29, 0.717) is 5.82 Å². The average molecular weight is 287 g/mol. The number of ether oxygens (including phenoxy) is 1. The van der Waals surface area contributed by atoms with Crippen molar-refractivity contribution in [3.05, 3.63) is 29.7 Å². The fourth-order valence-corrected chi connectivity index (χ4v) is 2.84. The molecule has 1 atom stereocenters. The van der Waals surface area contributed by atoms with E-state index in [-0.39, 0.29) is 5.41 Å². The first-order valence-corrected chi connectivity index (χ1v) is 7.32. The maximum atomic E-state index is 5.53. The van der Waals surface area contributed by atoms with Crippen LogP contribution in [0.1, 0.15) is 31.2 Å². The average Bonchev–Trinajstić information content (AvgIpc) is 2.98. The summed E-state index contributed by atoms with van der Waals surface area (Å²) in [5.41, 5.74) is 1.95. The van der Waals surface area contributed by atoms with Gasteiger partial charge in [-0.25, -0.2) is 0 Å². The third-order valence-corrected chi connectivity index (χ3v) is 4.19. The van der Waals surface area contributed by atoms with Gasteiger partial charge in [0.1, 0.15) is 5.75 Å². The predicted molar refractivity (Wildman–Crippen MR) is 80.5 cm³/mol. The molecule has 1 aliphatic rings. The Morgan fingerprint density at radius 2 is 2.24 bits per heavy atom. The Hall–Kier alpha value is -1.88. The van der Waals surface area contributed by atoms with E-state index in [0.717, 1.165) is 48.7 Å². The molecule has 0 amide bonds. The third-order valence-electron chi connectivity index (χ3n) is 4.19. The summed E-state index contributed by atoms with van der Waals surface area (Å²) in [4.78, 5) is 4.61. The van der Waals surface area contributed by atoms with Crippen LogP contribution in [0.25, 0.3) is 11.4 Å². The molecule has 1 aromatic heterocycles. The highest BCUT2D eigenvalue weighted by Gasteiger charge is 2.34. The highest BCUT2D eigenvalue weighted by atomic mass is 16.5. The van der Waals surface area contributed by atoms with Crippen molar-refractivity contribution in [3.8, 4) is 17.1 Å². The van der Waals surface area contributed by atoms with Gasteiger partial charge in [-0.2, -0.15) is 4.98 Å². The summed E-state index contributed by atoms with van der Waals surface area (Å²) >= 11 is 0. The van der Waals surface area contributed by atoms with Crippen molar-refractivity contribution in [2.24, 2.45) is 0 Å².